The fraction of sp³-hybridized carbons (Fsp3) is 0.222. The smallest absolute Gasteiger partial charge is 0.220 e. The number of benzene rings is 1. The van der Waals surface area contributed by atoms with Gasteiger partial charge in [0.15, 0.2) is 0 Å². The summed E-state index contributed by atoms with van der Waals surface area (Å²) in [5.74, 6) is 0.624. The number of ketones is 1. The molecule has 0 aromatic heterocycles. The molecule has 0 unspecified atom stereocenters. The summed E-state index contributed by atoms with van der Waals surface area (Å²) >= 11 is 0. The highest BCUT2D eigenvalue weighted by atomic mass is 16.5. The van der Waals surface area contributed by atoms with Crippen molar-refractivity contribution in [3.8, 4) is 5.75 Å². The molecule has 0 amide bonds. The second kappa shape index (κ2) is 3.88. The Bertz CT molecular complexity index is 284. The molecular weight excluding hydrogens is 154 g/mol. The van der Waals surface area contributed by atoms with Gasteiger partial charge in [-0.15, -0.1) is 0 Å². The number of hydrogen-bond donors (Lipinski definition) is 1. The number of methoxy groups -OCH3 is 1. The van der Waals surface area contributed by atoms with E-state index in [0.29, 0.717) is 11.3 Å². The number of quaternary nitrogens is 1. The van der Waals surface area contributed by atoms with Gasteiger partial charge < -0.3 is 10.5 Å². The van der Waals surface area contributed by atoms with Gasteiger partial charge in [0.1, 0.15) is 12.3 Å². The Kier molecular flexibility index (Phi) is 2.82. The van der Waals surface area contributed by atoms with Gasteiger partial charge in [-0.25, -0.2) is 0 Å². The van der Waals surface area contributed by atoms with Gasteiger partial charge in [0, 0.05) is 0 Å². The Hall–Kier alpha value is -1.35. The highest BCUT2D eigenvalue weighted by Crippen LogP contribution is 2.16. The maximum absolute atomic E-state index is 11.3. The standard InChI is InChI=1S/C9H11NO2/c1-12-9-5-3-2-4-7(9)8(11)6-10/h2-5H,6,10H2,1H3/p+1. The molecular formula is C9H12NO2+. The van der Waals surface area contributed by atoms with Crippen LogP contribution in [0, 0.1) is 0 Å². The van der Waals surface area contributed by atoms with E-state index in [2.05, 4.69) is 5.73 Å². The van der Waals surface area contributed by atoms with E-state index in [-0.39, 0.29) is 12.3 Å². The van der Waals surface area contributed by atoms with Crippen LogP contribution >= 0.6 is 0 Å². The largest absolute Gasteiger partial charge is 0.496 e. The van der Waals surface area contributed by atoms with Crippen LogP contribution in [0.15, 0.2) is 24.3 Å². The van der Waals surface area contributed by atoms with E-state index < -0.39 is 0 Å². The summed E-state index contributed by atoms with van der Waals surface area (Å²) in [6.07, 6.45) is 0. The molecule has 3 heteroatoms. The summed E-state index contributed by atoms with van der Waals surface area (Å²) in [6.45, 7) is 0.264. The van der Waals surface area contributed by atoms with Crippen LogP contribution in [0.1, 0.15) is 10.4 Å². The van der Waals surface area contributed by atoms with Crippen molar-refractivity contribution >= 4 is 5.78 Å². The van der Waals surface area contributed by atoms with Crippen molar-refractivity contribution in [3.63, 3.8) is 0 Å². The van der Waals surface area contributed by atoms with Crippen molar-refractivity contribution < 1.29 is 15.3 Å². The Balaban J connectivity index is 3.04. The molecule has 0 saturated carbocycles. The first-order chi connectivity index (χ1) is 5.79. The van der Waals surface area contributed by atoms with E-state index in [1.54, 1.807) is 19.2 Å². The van der Waals surface area contributed by atoms with Crippen LogP contribution in [0.3, 0.4) is 0 Å². The van der Waals surface area contributed by atoms with Gasteiger partial charge in [-0.2, -0.15) is 0 Å². The van der Waals surface area contributed by atoms with E-state index in [4.69, 9.17) is 4.74 Å². The molecule has 3 N–H and O–H groups in total. The fourth-order valence-electron chi connectivity index (χ4n) is 1.01. The molecule has 0 spiro atoms. The SMILES string of the molecule is COc1ccccc1C(=O)C[NH3+]. The van der Waals surface area contributed by atoms with Gasteiger partial charge >= 0.3 is 0 Å². The minimum Gasteiger partial charge on any atom is -0.496 e. The van der Waals surface area contributed by atoms with Crippen LogP contribution in [-0.2, 0) is 0 Å². The molecule has 1 aromatic carbocycles. The zero-order chi connectivity index (χ0) is 8.97. The number of rotatable bonds is 3. The topological polar surface area (TPSA) is 53.9 Å². The van der Waals surface area contributed by atoms with Gasteiger partial charge in [-0.3, -0.25) is 4.79 Å². The summed E-state index contributed by atoms with van der Waals surface area (Å²) < 4.78 is 5.02. The first-order valence-corrected chi connectivity index (χ1v) is 3.75. The number of carbonyl (C=O) groups is 1. The summed E-state index contributed by atoms with van der Waals surface area (Å²) in [5.41, 5.74) is 4.14. The first-order valence-electron chi connectivity index (χ1n) is 3.75. The normalized spacial score (nSPS) is 9.50. The molecule has 1 rings (SSSR count). The lowest BCUT2D eigenvalue weighted by molar-refractivity contribution is -0.349. The zero-order valence-electron chi connectivity index (χ0n) is 7.04. The molecule has 3 nitrogen and oxygen atoms in total. The molecule has 0 aliphatic carbocycles. The van der Waals surface area contributed by atoms with Gasteiger partial charge in [0.2, 0.25) is 5.78 Å². The molecule has 0 fully saturated rings. The Morgan fingerprint density at radius 1 is 1.50 bits per heavy atom. The molecule has 64 valence electrons. The second-order valence-electron chi connectivity index (χ2n) is 2.37. The van der Waals surface area contributed by atoms with Gasteiger partial charge in [-0.1, -0.05) is 12.1 Å². The second-order valence-corrected chi connectivity index (χ2v) is 2.37. The molecule has 0 heterocycles. The molecule has 1 aromatic rings. The summed E-state index contributed by atoms with van der Waals surface area (Å²) in [7, 11) is 1.55. The third-order valence-corrected chi connectivity index (χ3v) is 1.63. The van der Waals surface area contributed by atoms with Crippen LogP contribution in [0.5, 0.6) is 5.75 Å². The first kappa shape index (κ1) is 8.74. The predicted molar refractivity (Wildman–Crippen MR) is 45.1 cm³/mol. The monoisotopic (exact) mass is 166 g/mol. The van der Waals surface area contributed by atoms with Crippen molar-refractivity contribution in [1.29, 1.82) is 0 Å². The summed E-state index contributed by atoms with van der Waals surface area (Å²) in [5, 5.41) is 0. The van der Waals surface area contributed by atoms with Crippen LogP contribution in [0.2, 0.25) is 0 Å². The minimum atomic E-state index is 0.00690. The van der Waals surface area contributed by atoms with Crippen molar-refractivity contribution in [2.45, 2.75) is 0 Å². The average Bonchev–Trinajstić information content (AvgIpc) is 2.16. The van der Waals surface area contributed by atoms with Crippen molar-refractivity contribution in [2.75, 3.05) is 13.7 Å². The Morgan fingerprint density at radius 3 is 2.75 bits per heavy atom. The molecule has 0 aliphatic rings. The third-order valence-electron chi connectivity index (χ3n) is 1.63. The number of ether oxygens (including phenoxy) is 1. The lowest BCUT2D eigenvalue weighted by Crippen LogP contribution is -2.54. The average molecular weight is 166 g/mol. The molecule has 12 heavy (non-hydrogen) atoms. The van der Waals surface area contributed by atoms with Crippen molar-refractivity contribution in [2.24, 2.45) is 0 Å². The third kappa shape index (κ3) is 1.62. The Morgan fingerprint density at radius 2 is 2.17 bits per heavy atom. The van der Waals surface area contributed by atoms with E-state index >= 15 is 0 Å². The lowest BCUT2D eigenvalue weighted by Gasteiger charge is -2.03. The zero-order valence-corrected chi connectivity index (χ0v) is 7.04. The number of carbonyl (C=O) groups excluding carboxylic acids is 1. The lowest BCUT2D eigenvalue weighted by atomic mass is 10.1. The Labute approximate surface area is 71.1 Å². The number of hydrogen-bond acceptors (Lipinski definition) is 2. The van der Waals surface area contributed by atoms with Crippen molar-refractivity contribution in [1.82, 2.24) is 0 Å². The molecule has 0 aliphatic heterocycles. The fourth-order valence-corrected chi connectivity index (χ4v) is 1.01. The number of Topliss-reactive ketones (excluding diaryl/α,β-unsaturated/α-hetero) is 1. The quantitative estimate of drug-likeness (QED) is 0.648. The van der Waals surface area contributed by atoms with Crippen LogP contribution in [-0.4, -0.2) is 19.4 Å². The van der Waals surface area contributed by atoms with E-state index in [1.807, 2.05) is 12.1 Å². The highest BCUT2D eigenvalue weighted by molar-refractivity contribution is 5.99. The van der Waals surface area contributed by atoms with E-state index in [1.165, 1.54) is 0 Å². The molecule has 0 saturated heterocycles. The molecule has 0 radical (unpaired) electrons. The maximum atomic E-state index is 11.3. The predicted octanol–water partition coefficient (Wildman–Crippen LogP) is 0.120. The van der Waals surface area contributed by atoms with Gasteiger partial charge in [-0.05, 0) is 12.1 Å². The van der Waals surface area contributed by atoms with E-state index in [9.17, 15) is 4.79 Å². The van der Waals surface area contributed by atoms with Gasteiger partial charge in [0.05, 0.1) is 12.7 Å². The summed E-state index contributed by atoms with van der Waals surface area (Å²) in [6, 6.07) is 7.15. The maximum Gasteiger partial charge on any atom is 0.220 e. The number of para-hydroxylation sites is 1. The van der Waals surface area contributed by atoms with Crippen molar-refractivity contribution in [3.05, 3.63) is 29.8 Å². The van der Waals surface area contributed by atoms with Crippen LogP contribution in [0.4, 0.5) is 0 Å². The van der Waals surface area contributed by atoms with Gasteiger partial charge in [0.25, 0.3) is 0 Å². The molecule has 0 atom stereocenters. The van der Waals surface area contributed by atoms with Crippen LogP contribution in [0.25, 0.3) is 0 Å². The molecule has 0 bridgehead atoms. The van der Waals surface area contributed by atoms with E-state index in [0.717, 1.165) is 0 Å². The highest BCUT2D eigenvalue weighted by Gasteiger charge is 2.09. The summed E-state index contributed by atoms with van der Waals surface area (Å²) in [4.78, 5) is 11.3. The minimum absolute atomic E-state index is 0.00690. The van der Waals surface area contributed by atoms with Crippen LogP contribution < -0.4 is 10.5 Å².